The molecule has 0 aromatic heterocycles. The van der Waals surface area contributed by atoms with E-state index in [4.69, 9.17) is 4.74 Å². The van der Waals surface area contributed by atoms with Crippen molar-refractivity contribution in [3.63, 3.8) is 0 Å². The van der Waals surface area contributed by atoms with Gasteiger partial charge in [-0.25, -0.2) is 8.42 Å². The fourth-order valence-electron chi connectivity index (χ4n) is 2.05. The van der Waals surface area contributed by atoms with Gasteiger partial charge in [-0.05, 0) is 18.9 Å². The molecule has 1 fully saturated rings. The second-order valence-corrected chi connectivity index (χ2v) is 6.11. The fourth-order valence-corrected chi connectivity index (χ4v) is 3.74. The van der Waals surface area contributed by atoms with Gasteiger partial charge in [-0.1, -0.05) is 0 Å². The molecule has 1 aliphatic heterocycles. The summed E-state index contributed by atoms with van der Waals surface area (Å²) in [5.74, 6) is 0.123. The number of ether oxygens (including phenoxy) is 1. The molecule has 0 bridgehead atoms. The van der Waals surface area contributed by atoms with Crippen LogP contribution in [-0.4, -0.2) is 37.8 Å². The molecule has 8 heteroatoms. The third-order valence-electron chi connectivity index (χ3n) is 3.04. The Morgan fingerprint density at radius 3 is 2.47 bits per heavy atom. The van der Waals surface area contributed by atoms with Gasteiger partial charge < -0.3 is 4.74 Å². The molecule has 0 N–H and O–H groups in total. The van der Waals surface area contributed by atoms with Crippen molar-refractivity contribution in [2.45, 2.75) is 17.7 Å². The molecule has 0 amide bonds. The van der Waals surface area contributed by atoms with Crippen LogP contribution in [-0.2, 0) is 10.0 Å². The van der Waals surface area contributed by atoms with Gasteiger partial charge in [0.25, 0.3) is 5.69 Å². The summed E-state index contributed by atoms with van der Waals surface area (Å²) in [7, 11) is -2.40. The topological polar surface area (TPSA) is 89.7 Å². The highest BCUT2D eigenvalue weighted by Gasteiger charge is 2.31. The zero-order chi connectivity index (χ0) is 14.0. The first-order chi connectivity index (χ1) is 8.96. The smallest absolute Gasteiger partial charge is 0.271 e. The van der Waals surface area contributed by atoms with Crippen LogP contribution in [0, 0.1) is 10.1 Å². The lowest BCUT2D eigenvalue weighted by Crippen LogP contribution is -2.28. The highest BCUT2D eigenvalue weighted by Crippen LogP contribution is 2.31. The van der Waals surface area contributed by atoms with Crippen LogP contribution >= 0.6 is 0 Å². The number of benzene rings is 1. The third-order valence-corrected chi connectivity index (χ3v) is 4.96. The van der Waals surface area contributed by atoms with Crippen molar-refractivity contribution in [2.75, 3.05) is 20.2 Å². The lowest BCUT2D eigenvalue weighted by Gasteiger charge is -2.17. The van der Waals surface area contributed by atoms with Gasteiger partial charge in [0.15, 0.2) is 0 Å². The first-order valence-corrected chi connectivity index (χ1v) is 7.23. The van der Waals surface area contributed by atoms with Crippen LogP contribution in [0.4, 0.5) is 5.69 Å². The zero-order valence-electron chi connectivity index (χ0n) is 10.4. The summed E-state index contributed by atoms with van der Waals surface area (Å²) in [6.07, 6.45) is 1.60. The summed E-state index contributed by atoms with van der Waals surface area (Å²) in [6, 6.07) is 3.58. The Balaban J connectivity index is 2.52. The molecule has 104 valence electrons. The highest BCUT2D eigenvalue weighted by atomic mass is 32.2. The third kappa shape index (κ3) is 2.54. The average Bonchev–Trinajstić information content (AvgIpc) is 2.92. The first-order valence-electron chi connectivity index (χ1n) is 5.79. The van der Waals surface area contributed by atoms with Crippen molar-refractivity contribution in [2.24, 2.45) is 0 Å². The molecule has 2 rings (SSSR count). The van der Waals surface area contributed by atoms with Crippen LogP contribution in [0.2, 0.25) is 0 Å². The Morgan fingerprint density at radius 1 is 1.32 bits per heavy atom. The number of non-ortho nitro benzene ring substituents is 1. The zero-order valence-corrected chi connectivity index (χ0v) is 11.2. The summed E-state index contributed by atoms with van der Waals surface area (Å²) in [5, 5.41) is 10.8. The summed E-state index contributed by atoms with van der Waals surface area (Å²) >= 11 is 0. The molecular weight excluding hydrogens is 272 g/mol. The van der Waals surface area contributed by atoms with E-state index in [1.807, 2.05) is 0 Å². The Morgan fingerprint density at radius 2 is 1.95 bits per heavy atom. The maximum absolute atomic E-state index is 12.4. The monoisotopic (exact) mass is 286 g/mol. The van der Waals surface area contributed by atoms with Crippen molar-refractivity contribution in [1.82, 2.24) is 4.31 Å². The molecule has 1 aromatic rings. The molecule has 0 saturated carbocycles. The van der Waals surface area contributed by atoms with E-state index in [-0.39, 0.29) is 16.3 Å². The van der Waals surface area contributed by atoms with Crippen molar-refractivity contribution in [3.05, 3.63) is 28.3 Å². The minimum absolute atomic E-state index is 0.123. The molecule has 7 nitrogen and oxygen atoms in total. The summed E-state index contributed by atoms with van der Waals surface area (Å²) < 4.78 is 31.2. The normalized spacial score (nSPS) is 16.5. The molecule has 0 spiro atoms. The molecule has 0 radical (unpaired) electrons. The largest absolute Gasteiger partial charge is 0.495 e. The highest BCUT2D eigenvalue weighted by molar-refractivity contribution is 7.89. The Kier molecular flexibility index (Phi) is 3.72. The fraction of sp³-hybridized carbons (Fsp3) is 0.455. The Bertz CT molecular complexity index is 593. The van der Waals surface area contributed by atoms with E-state index < -0.39 is 14.9 Å². The van der Waals surface area contributed by atoms with Gasteiger partial charge in [-0.3, -0.25) is 10.1 Å². The molecule has 19 heavy (non-hydrogen) atoms. The molecule has 0 unspecified atom stereocenters. The number of nitro benzene ring substituents is 1. The number of sulfonamides is 1. The average molecular weight is 286 g/mol. The maximum atomic E-state index is 12.4. The second-order valence-electron chi connectivity index (χ2n) is 4.20. The lowest BCUT2D eigenvalue weighted by molar-refractivity contribution is -0.385. The van der Waals surface area contributed by atoms with Gasteiger partial charge in [0, 0.05) is 25.2 Å². The molecule has 1 aromatic carbocycles. The van der Waals surface area contributed by atoms with Crippen molar-refractivity contribution >= 4 is 15.7 Å². The molecule has 1 heterocycles. The van der Waals surface area contributed by atoms with E-state index in [1.54, 1.807) is 0 Å². The van der Waals surface area contributed by atoms with Crippen LogP contribution in [0.15, 0.2) is 23.1 Å². The SMILES string of the molecule is COc1ccc([N+](=O)[O-])cc1S(=O)(=O)N1CCCC1. The van der Waals surface area contributed by atoms with Gasteiger partial charge in [0.1, 0.15) is 10.6 Å². The number of nitrogens with zero attached hydrogens (tertiary/aromatic N) is 2. The standard InChI is InChI=1S/C11H14N2O5S/c1-18-10-5-4-9(13(14)15)8-11(10)19(16,17)12-6-2-3-7-12/h4-5,8H,2-3,6-7H2,1H3. The Labute approximate surface area is 111 Å². The van der Waals surface area contributed by atoms with Crippen molar-refractivity contribution in [3.8, 4) is 5.75 Å². The van der Waals surface area contributed by atoms with Crippen LogP contribution in [0.3, 0.4) is 0 Å². The maximum Gasteiger partial charge on any atom is 0.271 e. The number of hydrogen-bond acceptors (Lipinski definition) is 5. The van der Waals surface area contributed by atoms with E-state index >= 15 is 0 Å². The van der Waals surface area contributed by atoms with Gasteiger partial charge in [0.05, 0.1) is 12.0 Å². The van der Waals surface area contributed by atoms with Gasteiger partial charge in [-0.2, -0.15) is 4.31 Å². The van der Waals surface area contributed by atoms with Crippen LogP contribution in [0.25, 0.3) is 0 Å². The molecule has 1 saturated heterocycles. The molecule has 0 aliphatic carbocycles. The lowest BCUT2D eigenvalue weighted by atomic mass is 10.3. The molecule has 0 atom stereocenters. The van der Waals surface area contributed by atoms with E-state index in [9.17, 15) is 18.5 Å². The second kappa shape index (κ2) is 5.14. The Hall–Kier alpha value is -1.67. The van der Waals surface area contributed by atoms with Crippen LogP contribution in [0.5, 0.6) is 5.75 Å². The van der Waals surface area contributed by atoms with Crippen molar-refractivity contribution in [1.29, 1.82) is 0 Å². The minimum atomic E-state index is -3.73. The predicted molar refractivity (Wildman–Crippen MR) is 67.6 cm³/mol. The van der Waals surface area contributed by atoms with E-state index in [0.717, 1.165) is 18.9 Å². The van der Waals surface area contributed by atoms with E-state index in [1.165, 1.54) is 23.5 Å². The van der Waals surface area contributed by atoms with Crippen LogP contribution < -0.4 is 4.74 Å². The van der Waals surface area contributed by atoms with Gasteiger partial charge in [-0.15, -0.1) is 0 Å². The van der Waals surface area contributed by atoms with Gasteiger partial charge >= 0.3 is 0 Å². The summed E-state index contributed by atoms with van der Waals surface area (Å²) in [4.78, 5) is 9.99. The summed E-state index contributed by atoms with van der Waals surface area (Å²) in [5.41, 5.74) is -0.265. The van der Waals surface area contributed by atoms with Crippen LogP contribution in [0.1, 0.15) is 12.8 Å². The number of nitro groups is 1. The molecule has 1 aliphatic rings. The van der Waals surface area contributed by atoms with Gasteiger partial charge in [0.2, 0.25) is 10.0 Å². The van der Waals surface area contributed by atoms with Crippen molar-refractivity contribution < 1.29 is 18.1 Å². The minimum Gasteiger partial charge on any atom is -0.495 e. The molecular formula is C11H14N2O5S. The van der Waals surface area contributed by atoms with E-state index in [2.05, 4.69) is 0 Å². The van der Waals surface area contributed by atoms with E-state index in [0.29, 0.717) is 13.1 Å². The number of methoxy groups -OCH3 is 1. The quantitative estimate of drug-likeness (QED) is 0.616. The number of rotatable bonds is 4. The summed E-state index contributed by atoms with van der Waals surface area (Å²) in [6.45, 7) is 0.877. The number of hydrogen-bond donors (Lipinski definition) is 0. The first kappa shape index (κ1) is 13.8. The predicted octanol–water partition coefficient (Wildman–Crippen LogP) is 1.39.